The molecule has 1 aliphatic rings. The van der Waals surface area contributed by atoms with Crippen molar-refractivity contribution in [2.24, 2.45) is 11.8 Å². The van der Waals surface area contributed by atoms with Crippen LogP contribution in [0.5, 0.6) is 0 Å². The molecule has 1 aliphatic carbocycles. The van der Waals surface area contributed by atoms with E-state index in [1.54, 1.807) is 0 Å². The Morgan fingerprint density at radius 3 is 2.40 bits per heavy atom. The second-order valence-corrected chi connectivity index (χ2v) is 4.10. The predicted molar refractivity (Wildman–Crippen MR) is 53.6 cm³/mol. The lowest BCUT2D eigenvalue weighted by Gasteiger charge is -2.16. The Hall–Kier alpha value is -1.30. The van der Waals surface area contributed by atoms with Crippen molar-refractivity contribution in [3.63, 3.8) is 0 Å². The number of H-pyrrole nitrogens is 2. The van der Waals surface area contributed by atoms with E-state index in [1.807, 2.05) is 0 Å². The highest BCUT2D eigenvalue weighted by atomic mass is 16.3. The minimum absolute atomic E-state index is 0.141. The number of nitrogens with one attached hydrogen (secondary N) is 2. The van der Waals surface area contributed by atoms with E-state index >= 15 is 0 Å². The first-order valence-electron chi connectivity index (χ1n) is 5.20. The Labute approximate surface area is 85.9 Å². The van der Waals surface area contributed by atoms with Crippen LogP contribution in [-0.2, 0) is 6.54 Å². The van der Waals surface area contributed by atoms with E-state index < -0.39 is 11.4 Å². The molecule has 6 nitrogen and oxygen atoms in total. The molecule has 1 aromatic rings. The molecule has 1 heterocycles. The van der Waals surface area contributed by atoms with E-state index in [1.165, 1.54) is 4.57 Å². The van der Waals surface area contributed by atoms with E-state index in [4.69, 9.17) is 5.11 Å². The van der Waals surface area contributed by atoms with Gasteiger partial charge in [-0.05, 0) is 24.7 Å². The maximum Gasteiger partial charge on any atom is 0.344 e. The van der Waals surface area contributed by atoms with Crippen LogP contribution in [0.2, 0.25) is 0 Å². The molecule has 2 rings (SSSR count). The van der Waals surface area contributed by atoms with Crippen LogP contribution in [0.1, 0.15) is 19.3 Å². The first-order chi connectivity index (χ1) is 7.22. The lowest BCUT2D eigenvalue weighted by molar-refractivity contribution is 0.183. The van der Waals surface area contributed by atoms with Gasteiger partial charge in [-0.3, -0.25) is 0 Å². The molecular weight excluding hydrogens is 198 g/mol. The average Bonchev–Trinajstić information content (AvgIpc) is 2.79. The summed E-state index contributed by atoms with van der Waals surface area (Å²) < 4.78 is 1.17. The molecule has 0 radical (unpaired) electrons. The van der Waals surface area contributed by atoms with Gasteiger partial charge in [-0.2, -0.15) is 0 Å². The summed E-state index contributed by atoms with van der Waals surface area (Å²) in [4.78, 5) is 22.5. The van der Waals surface area contributed by atoms with Gasteiger partial charge < -0.3 is 5.11 Å². The Bertz CT molecular complexity index is 403. The van der Waals surface area contributed by atoms with Gasteiger partial charge in [-0.25, -0.2) is 24.4 Å². The number of aliphatic hydroxyl groups is 1. The van der Waals surface area contributed by atoms with E-state index in [2.05, 4.69) is 10.2 Å². The van der Waals surface area contributed by atoms with Crippen LogP contribution >= 0.6 is 0 Å². The summed E-state index contributed by atoms with van der Waals surface area (Å²) in [6, 6.07) is 0. The second-order valence-electron chi connectivity index (χ2n) is 4.10. The van der Waals surface area contributed by atoms with Crippen molar-refractivity contribution in [2.45, 2.75) is 25.8 Å². The largest absolute Gasteiger partial charge is 0.396 e. The van der Waals surface area contributed by atoms with E-state index in [0.717, 1.165) is 19.3 Å². The number of aromatic nitrogens is 3. The quantitative estimate of drug-likeness (QED) is 0.618. The smallest absolute Gasteiger partial charge is 0.344 e. The summed E-state index contributed by atoms with van der Waals surface area (Å²) in [5.74, 6) is 0.468. The number of nitrogens with zero attached hydrogens (tertiary/aromatic N) is 1. The van der Waals surface area contributed by atoms with E-state index in [0.29, 0.717) is 6.54 Å². The minimum Gasteiger partial charge on any atom is -0.396 e. The highest BCUT2D eigenvalue weighted by Gasteiger charge is 2.27. The Morgan fingerprint density at radius 1 is 1.20 bits per heavy atom. The lowest BCUT2D eigenvalue weighted by atomic mass is 9.97. The minimum atomic E-state index is -0.399. The van der Waals surface area contributed by atoms with E-state index in [9.17, 15) is 9.59 Å². The predicted octanol–water partition coefficient (Wildman–Crippen LogP) is -0.727. The molecule has 1 fully saturated rings. The molecule has 15 heavy (non-hydrogen) atoms. The first kappa shape index (κ1) is 10.2. The highest BCUT2D eigenvalue weighted by Crippen LogP contribution is 2.31. The molecule has 1 aromatic heterocycles. The van der Waals surface area contributed by atoms with Crippen molar-refractivity contribution < 1.29 is 5.11 Å². The maximum absolute atomic E-state index is 11.2. The zero-order valence-corrected chi connectivity index (χ0v) is 8.40. The highest BCUT2D eigenvalue weighted by molar-refractivity contribution is 4.79. The van der Waals surface area contributed by atoms with Crippen LogP contribution < -0.4 is 11.4 Å². The molecule has 84 valence electrons. The fraction of sp³-hybridized carbons (Fsp3) is 0.778. The van der Waals surface area contributed by atoms with Crippen LogP contribution in [0.4, 0.5) is 0 Å². The monoisotopic (exact) mass is 213 g/mol. The fourth-order valence-corrected chi connectivity index (χ4v) is 2.33. The van der Waals surface area contributed by atoms with Gasteiger partial charge >= 0.3 is 11.4 Å². The number of rotatable bonds is 3. The molecule has 0 aliphatic heterocycles. The van der Waals surface area contributed by atoms with Gasteiger partial charge in [0, 0.05) is 13.2 Å². The molecule has 6 heteroatoms. The van der Waals surface area contributed by atoms with Crippen molar-refractivity contribution in [1.82, 2.24) is 14.8 Å². The maximum atomic E-state index is 11.2. The van der Waals surface area contributed by atoms with Gasteiger partial charge in [-0.1, -0.05) is 6.42 Å². The number of hydrogen-bond acceptors (Lipinski definition) is 3. The Morgan fingerprint density at radius 2 is 1.80 bits per heavy atom. The van der Waals surface area contributed by atoms with Crippen molar-refractivity contribution in [1.29, 1.82) is 0 Å². The normalized spacial score (nSPS) is 25.9. The van der Waals surface area contributed by atoms with Crippen LogP contribution in [0, 0.1) is 11.8 Å². The molecule has 0 amide bonds. The van der Waals surface area contributed by atoms with Crippen LogP contribution in [0.15, 0.2) is 9.59 Å². The van der Waals surface area contributed by atoms with Crippen molar-refractivity contribution >= 4 is 0 Å². The van der Waals surface area contributed by atoms with Crippen molar-refractivity contribution in [3.8, 4) is 0 Å². The molecule has 1 saturated carbocycles. The SMILES string of the molecule is O=c1[nH][nH]c(=O)n1CC1CCCC1CO. The van der Waals surface area contributed by atoms with Gasteiger partial charge in [0.1, 0.15) is 0 Å². The van der Waals surface area contributed by atoms with Gasteiger partial charge in [-0.15, -0.1) is 0 Å². The third kappa shape index (κ3) is 1.90. The lowest BCUT2D eigenvalue weighted by Crippen LogP contribution is -2.31. The molecule has 3 N–H and O–H groups in total. The van der Waals surface area contributed by atoms with Crippen molar-refractivity contribution in [3.05, 3.63) is 21.0 Å². The van der Waals surface area contributed by atoms with Crippen molar-refractivity contribution in [2.75, 3.05) is 6.61 Å². The molecule has 0 aromatic carbocycles. The molecule has 0 spiro atoms. The summed E-state index contributed by atoms with van der Waals surface area (Å²) in [6.45, 7) is 0.546. The molecular formula is C9H15N3O3. The van der Waals surface area contributed by atoms with E-state index in [-0.39, 0.29) is 18.4 Å². The topological polar surface area (TPSA) is 90.9 Å². The zero-order valence-electron chi connectivity index (χ0n) is 8.40. The summed E-state index contributed by atoms with van der Waals surface area (Å²) in [5.41, 5.74) is -0.799. The summed E-state index contributed by atoms with van der Waals surface area (Å²) >= 11 is 0. The Kier molecular flexibility index (Phi) is 2.77. The molecule has 0 bridgehead atoms. The summed E-state index contributed by atoms with van der Waals surface area (Å²) in [6.07, 6.45) is 3.02. The average molecular weight is 213 g/mol. The van der Waals surface area contributed by atoms with Gasteiger partial charge in [0.05, 0.1) is 0 Å². The summed E-state index contributed by atoms with van der Waals surface area (Å²) in [5, 5.41) is 13.6. The fourth-order valence-electron chi connectivity index (χ4n) is 2.33. The number of aromatic amines is 2. The standard InChI is InChI=1S/C9H15N3O3/c13-5-7-3-1-2-6(7)4-12-8(14)10-11-9(12)15/h6-7,13H,1-5H2,(H,10,14)(H,11,15). The number of aliphatic hydroxyl groups excluding tert-OH is 1. The zero-order chi connectivity index (χ0) is 10.8. The number of hydrogen-bond donors (Lipinski definition) is 3. The van der Waals surface area contributed by atoms with Gasteiger partial charge in [0.25, 0.3) is 0 Å². The summed E-state index contributed by atoms with van der Waals surface area (Å²) in [7, 11) is 0. The third-order valence-electron chi connectivity index (χ3n) is 3.23. The second kappa shape index (κ2) is 4.06. The van der Waals surface area contributed by atoms with Crippen LogP contribution in [0.25, 0.3) is 0 Å². The van der Waals surface area contributed by atoms with Crippen LogP contribution in [-0.4, -0.2) is 26.5 Å². The van der Waals surface area contributed by atoms with Gasteiger partial charge in [0.15, 0.2) is 0 Å². The van der Waals surface area contributed by atoms with Crippen LogP contribution in [0.3, 0.4) is 0 Å². The first-order valence-corrected chi connectivity index (χ1v) is 5.20. The third-order valence-corrected chi connectivity index (χ3v) is 3.23. The Balaban J connectivity index is 2.15. The molecule has 2 unspecified atom stereocenters. The van der Waals surface area contributed by atoms with Gasteiger partial charge in [0.2, 0.25) is 0 Å². The molecule has 0 saturated heterocycles. The molecule has 2 atom stereocenters.